The van der Waals surface area contributed by atoms with Crippen molar-refractivity contribution < 1.29 is 14.9 Å². The van der Waals surface area contributed by atoms with Crippen LogP contribution in [0.1, 0.15) is 12.5 Å². The van der Waals surface area contributed by atoms with E-state index in [0.29, 0.717) is 13.2 Å². The molecule has 0 aliphatic heterocycles. The number of aliphatic hydroxyl groups excluding tert-OH is 2. The van der Waals surface area contributed by atoms with Crippen molar-refractivity contribution in [3.05, 3.63) is 60.2 Å². The molecule has 3 aromatic carbocycles. The lowest BCUT2D eigenvalue weighted by Gasteiger charge is -2.31. The predicted octanol–water partition coefficient (Wildman–Crippen LogP) is 3.34. The SMILES string of the molecule is CCOCC(CO)(CO)NCc1ccc2c3c(cccc13)-c1ccccc1-2. The van der Waals surface area contributed by atoms with Gasteiger partial charge in [0.2, 0.25) is 0 Å². The lowest BCUT2D eigenvalue weighted by atomic mass is 9.97. The first-order valence-corrected chi connectivity index (χ1v) is 9.42. The van der Waals surface area contributed by atoms with Gasteiger partial charge < -0.3 is 20.3 Å². The molecule has 0 fully saturated rings. The molecule has 0 aromatic heterocycles. The van der Waals surface area contributed by atoms with Crippen LogP contribution in [0.4, 0.5) is 0 Å². The van der Waals surface area contributed by atoms with Gasteiger partial charge in [0, 0.05) is 13.2 Å². The fraction of sp³-hybridized carbons (Fsp3) is 0.304. The van der Waals surface area contributed by atoms with Crippen LogP contribution in [0.25, 0.3) is 33.0 Å². The second-order valence-corrected chi connectivity index (χ2v) is 7.13. The van der Waals surface area contributed by atoms with Crippen LogP contribution in [0, 0.1) is 0 Å². The van der Waals surface area contributed by atoms with E-state index in [9.17, 15) is 10.2 Å². The van der Waals surface area contributed by atoms with Gasteiger partial charge in [0.1, 0.15) is 0 Å². The van der Waals surface area contributed by atoms with Crippen molar-refractivity contribution in [2.75, 3.05) is 26.4 Å². The van der Waals surface area contributed by atoms with Crippen LogP contribution in [-0.2, 0) is 11.3 Å². The Morgan fingerprint density at radius 1 is 0.852 bits per heavy atom. The molecule has 0 heterocycles. The number of benzene rings is 3. The normalized spacial score (nSPS) is 12.6. The average molecular weight is 363 g/mol. The number of rotatable bonds is 8. The van der Waals surface area contributed by atoms with Gasteiger partial charge in [-0.15, -0.1) is 0 Å². The Kier molecular flexibility index (Phi) is 4.98. The molecule has 3 N–H and O–H groups in total. The zero-order valence-electron chi connectivity index (χ0n) is 15.5. The van der Waals surface area contributed by atoms with Crippen LogP contribution in [0.15, 0.2) is 54.6 Å². The first kappa shape index (κ1) is 18.1. The zero-order chi connectivity index (χ0) is 18.9. The molecule has 0 saturated heterocycles. The summed E-state index contributed by atoms with van der Waals surface area (Å²) in [5.74, 6) is 0. The first-order chi connectivity index (χ1) is 13.2. The summed E-state index contributed by atoms with van der Waals surface area (Å²) >= 11 is 0. The van der Waals surface area contributed by atoms with E-state index in [1.165, 1.54) is 33.0 Å². The van der Waals surface area contributed by atoms with Crippen LogP contribution < -0.4 is 5.32 Å². The molecular weight excluding hydrogens is 338 g/mol. The molecular formula is C23H25NO3. The Morgan fingerprint density at radius 3 is 2.19 bits per heavy atom. The summed E-state index contributed by atoms with van der Waals surface area (Å²) < 4.78 is 5.46. The maximum absolute atomic E-state index is 9.81. The third kappa shape index (κ3) is 3.05. The van der Waals surface area contributed by atoms with Crippen molar-refractivity contribution in [2.24, 2.45) is 0 Å². The Balaban J connectivity index is 1.70. The molecule has 0 radical (unpaired) electrons. The van der Waals surface area contributed by atoms with E-state index >= 15 is 0 Å². The van der Waals surface area contributed by atoms with Gasteiger partial charge in [-0.1, -0.05) is 54.6 Å². The van der Waals surface area contributed by atoms with Gasteiger partial charge in [-0.2, -0.15) is 0 Å². The molecule has 0 saturated carbocycles. The van der Waals surface area contributed by atoms with Crippen molar-refractivity contribution in [1.29, 1.82) is 0 Å². The number of hydrogen-bond donors (Lipinski definition) is 3. The molecule has 0 spiro atoms. The molecule has 4 nitrogen and oxygen atoms in total. The number of ether oxygens (including phenoxy) is 1. The van der Waals surface area contributed by atoms with Gasteiger partial charge in [-0.3, -0.25) is 0 Å². The molecule has 0 amide bonds. The van der Waals surface area contributed by atoms with E-state index < -0.39 is 5.54 Å². The average Bonchev–Trinajstić information content (AvgIpc) is 3.06. The Hall–Kier alpha value is -2.24. The van der Waals surface area contributed by atoms with Crippen LogP contribution >= 0.6 is 0 Å². The van der Waals surface area contributed by atoms with Crippen LogP contribution in [0.2, 0.25) is 0 Å². The quantitative estimate of drug-likeness (QED) is 0.449. The van der Waals surface area contributed by atoms with Gasteiger partial charge in [0.25, 0.3) is 0 Å². The van der Waals surface area contributed by atoms with Crippen molar-refractivity contribution in [2.45, 2.75) is 19.0 Å². The smallest absolute Gasteiger partial charge is 0.0886 e. The standard InChI is InChI=1S/C23H25NO3/c1-2-27-15-23(13-25,14-26)24-12-16-10-11-21-19-7-4-3-6-18(19)20-9-5-8-17(16)22(20)21/h3-11,24-26H,2,12-15H2,1H3. The molecule has 140 valence electrons. The largest absolute Gasteiger partial charge is 0.394 e. The zero-order valence-corrected chi connectivity index (χ0v) is 15.5. The van der Waals surface area contributed by atoms with Gasteiger partial charge in [0.15, 0.2) is 0 Å². The Morgan fingerprint density at radius 2 is 1.52 bits per heavy atom. The van der Waals surface area contributed by atoms with Crippen molar-refractivity contribution in [1.82, 2.24) is 5.32 Å². The maximum Gasteiger partial charge on any atom is 0.0886 e. The van der Waals surface area contributed by atoms with Gasteiger partial charge in [-0.25, -0.2) is 0 Å². The van der Waals surface area contributed by atoms with Gasteiger partial charge >= 0.3 is 0 Å². The second-order valence-electron chi connectivity index (χ2n) is 7.13. The fourth-order valence-corrected chi connectivity index (χ4v) is 3.91. The number of aliphatic hydroxyl groups is 2. The second kappa shape index (κ2) is 7.41. The summed E-state index contributed by atoms with van der Waals surface area (Å²) in [5, 5.41) is 25.4. The van der Waals surface area contributed by atoms with Crippen molar-refractivity contribution in [3.8, 4) is 22.3 Å². The number of hydrogen-bond acceptors (Lipinski definition) is 4. The molecule has 1 aliphatic carbocycles. The lowest BCUT2D eigenvalue weighted by Crippen LogP contribution is -2.55. The molecule has 0 bridgehead atoms. The molecule has 3 aromatic rings. The van der Waals surface area contributed by atoms with E-state index in [2.05, 4.69) is 59.9 Å². The highest BCUT2D eigenvalue weighted by atomic mass is 16.5. The third-order valence-corrected chi connectivity index (χ3v) is 5.48. The highest BCUT2D eigenvalue weighted by molar-refractivity contribution is 6.15. The highest BCUT2D eigenvalue weighted by Crippen LogP contribution is 2.47. The summed E-state index contributed by atoms with van der Waals surface area (Å²) in [6, 6.07) is 19.2. The third-order valence-electron chi connectivity index (χ3n) is 5.48. The van der Waals surface area contributed by atoms with Gasteiger partial charge in [0.05, 0.1) is 25.4 Å². The predicted molar refractivity (Wildman–Crippen MR) is 109 cm³/mol. The number of fused-ring (bicyclic) bond motifs is 3. The molecule has 27 heavy (non-hydrogen) atoms. The van der Waals surface area contributed by atoms with E-state index in [1.807, 2.05) is 6.92 Å². The minimum Gasteiger partial charge on any atom is -0.394 e. The van der Waals surface area contributed by atoms with E-state index in [1.54, 1.807) is 0 Å². The number of nitrogens with one attached hydrogen (secondary N) is 1. The molecule has 4 heteroatoms. The monoisotopic (exact) mass is 363 g/mol. The van der Waals surface area contributed by atoms with Crippen LogP contribution in [0.3, 0.4) is 0 Å². The minimum atomic E-state index is -0.845. The molecule has 0 unspecified atom stereocenters. The Labute approximate surface area is 159 Å². The lowest BCUT2D eigenvalue weighted by molar-refractivity contribution is 0.00757. The van der Waals surface area contributed by atoms with Crippen LogP contribution in [0.5, 0.6) is 0 Å². The summed E-state index contributed by atoms with van der Waals surface area (Å²) in [6.07, 6.45) is 0. The van der Waals surface area contributed by atoms with Crippen molar-refractivity contribution >= 4 is 10.8 Å². The summed E-state index contributed by atoms with van der Waals surface area (Å²) in [4.78, 5) is 0. The topological polar surface area (TPSA) is 61.7 Å². The maximum atomic E-state index is 9.81. The molecule has 0 atom stereocenters. The summed E-state index contributed by atoms with van der Waals surface area (Å²) in [6.45, 7) is 2.89. The molecule has 4 rings (SSSR count). The van der Waals surface area contributed by atoms with E-state index in [0.717, 1.165) is 5.56 Å². The Bertz CT molecular complexity index is 934. The minimum absolute atomic E-state index is 0.184. The summed E-state index contributed by atoms with van der Waals surface area (Å²) in [5.41, 5.74) is 5.39. The fourth-order valence-electron chi connectivity index (χ4n) is 3.91. The van der Waals surface area contributed by atoms with Crippen LogP contribution in [-0.4, -0.2) is 42.2 Å². The van der Waals surface area contributed by atoms with E-state index in [-0.39, 0.29) is 19.8 Å². The first-order valence-electron chi connectivity index (χ1n) is 9.42. The summed E-state index contributed by atoms with van der Waals surface area (Å²) in [7, 11) is 0. The van der Waals surface area contributed by atoms with Gasteiger partial charge in [-0.05, 0) is 45.5 Å². The molecule has 1 aliphatic rings. The van der Waals surface area contributed by atoms with E-state index in [4.69, 9.17) is 4.74 Å². The highest BCUT2D eigenvalue weighted by Gasteiger charge is 2.29. The van der Waals surface area contributed by atoms with Crippen molar-refractivity contribution in [3.63, 3.8) is 0 Å².